The van der Waals surface area contributed by atoms with Crippen LogP contribution in [0.1, 0.15) is 27.2 Å². The molecular weight excluding hydrogens is 292 g/mol. The lowest BCUT2D eigenvalue weighted by Gasteiger charge is -2.45. The standard InChI is InChI=1S/C15H24O7/c1-6-15(21-12(19)10(2)3,22-13(20)11(4)5)14(7-16,8-17)9-18/h16-18H,2,4,6-9H2,1,3,5H3. The Morgan fingerprint density at radius 1 is 0.909 bits per heavy atom. The van der Waals surface area contributed by atoms with Gasteiger partial charge in [0, 0.05) is 17.6 Å². The fraction of sp³-hybridized carbons (Fsp3) is 0.600. The molecule has 0 aliphatic carbocycles. The van der Waals surface area contributed by atoms with Crippen LogP contribution < -0.4 is 0 Å². The number of carbonyl (C=O) groups excluding carboxylic acids is 2. The van der Waals surface area contributed by atoms with E-state index in [4.69, 9.17) is 9.47 Å². The third-order valence-electron chi connectivity index (χ3n) is 3.39. The van der Waals surface area contributed by atoms with Crippen LogP contribution in [0.25, 0.3) is 0 Å². The summed E-state index contributed by atoms with van der Waals surface area (Å²) in [6.07, 6.45) is -0.104. The molecule has 0 aromatic heterocycles. The van der Waals surface area contributed by atoms with Gasteiger partial charge in [0.15, 0.2) is 0 Å². The summed E-state index contributed by atoms with van der Waals surface area (Å²) in [5.74, 6) is -3.82. The number of esters is 2. The second-order valence-electron chi connectivity index (χ2n) is 5.20. The third kappa shape index (κ3) is 3.94. The number of aliphatic hydroxyl groups is 3. The molecule has 0 amide bonds. The molecule has 0 aliphatic heterocycles. The molecule has 0 bridgehead atoms. The Morgan fingerprint density at radius 3 is 1.41 bits per heavy atom. The van der Waals surface area contributed by atoms with E-state index in [9.17, 15) is 24.9 Å². The van der Waals surface area contributed by atoms with Crippen molar-refractivity contribution in [1.82, 2.24) is 0 Å². The van der Waals surface area contributed by atoms with Gasteiger partial charge in [-0.3, -0.25) is 0 Å². The number of ether oxygens (including phenoxy) is 2. The van der Waals surface area contributed by atoms with Crippen molar-refractivity contribution >= 4 is 11.9 Å². The van der Waals surface area contributed by atoms with Crippen molar-refractivity contribution in [3.8, 4) is 0 Å². The van der Waals surface area contributed by atoms with Gasteiger partial charge in [0.25, 0.3) is 5.79 Å². The summed E-state index contributed by atoms with van der Waals surface area (Å²) in [4.78, 5) is 23.8. The lowest BCUT2D eigenvalue weighted by Crippen LogP contribution is -2.60. The fourth-order valence-corrected chi connectivity index (χ4v) is 1.74. The molecule has 0 aromatic rings. The summed E-state index contributed by atoms with van der Waals surface area (Å²) in [6.45, 7) is 8.83. The van der Waals surface area contributed by atoms with Crippen molar-refractivity contribution in [3.63, 3.8) is 0 Å². The van der Waals surface area contributed by atoms with Gasteiger partial charge in [-0.15, -0.1) is 0 Å². The zero-order valence-electron chi connectivity index (χ0n) is 13.2. The predicted molar refractivity (Wildman–Crippen MR) is 78.5 cm³/mol. The van der Waals surface area contributed by atoms with Gasteiger partial charge >= 0.3 is 11.9 Å². The van der Waals surface area contributed by atoms with Gasteiger partial charge in [-0.1, -0.05) is 20.1 Å². The first-order valence-corrected chi connectivity index (χ1v) is 6.75. The molecule has 126 valence electrons. The fourth-order valence-electron chi connectivity index (χ4n) is 1.74. The molecule has 0 heterocycles. The van der Waals surface area contributed by atoms with Crippen LogP contribution in [0.2, 0.25) is 0 Å². The average Bonchev–Trinajstić information content (AvgIpc) is 2.48. The molecule has 0 fully saturated rings. The van der Waals surface area contributed by atoms with E-state index in [1.54, 1.807) is 0 Å². The van der Waals surface area contributed by atoms with Crippen molar-refractivity contribution in [2.45, 2.75) is 33.0 Å². The Bertz CT molecular complexity index is 413. The van der Waals surface area contributed by atoms with E-state index in [0.717, 1.165) is 0 Å². The maximum absolute atomic E-state index is 11.9. The van der Waals surface area contributed by atoms with Crippen LogP contribution in [-0.2, 0) is 19.1 Å². The Hall–Kier alpha value is -1.70. The molecule has 0 atom stereocenters. The summed E-state index contributed by atoms with van der Waals surface area (Å²) in [5, 5.41) is 28.8. The van der Waals surface area contributed by atoms with Crippen molar-refractivity contribution in [2.24, 2.45) is 5.41 Å². The summed E-state index contributed by atoms with van der Waals surface area (Å²) in [5.41, 5.74) is -1.71. The van der Waals surface area contributed by atoms with Crippen molar-refractivity contribution in [2.75, 3.05) is 19.8 Å². The first kappa shape index (κ1) is 20.3. The number of aliphatic hydroxyl groups excluding tert-OH is 3. The van der Waals surface area contributed by atoms with Crippen molar-refractivity contribution < 1.29 is 34.4 Å². The molecule has 22 heavy (non-hydrogen) atoms. The Labute approximate surface area is 129 Å². The maximum atomic E-state index is 11.9. The zero-order valence-corrected chi connectivity index (χ0v) is 13.2. The summed E-state index contributed by atoms with van der Waals surface area (Å²) in [7, 11) is 0. The molecule has 7 nitrogen and oxygen atoms in total. The molecule has 0 saturated heterocycles. The molecule has 7 heteroatoms. The molecule has 0 spiro atoms. The van der Waals surface area contributed by atoms with Gasteiger partial charge in [-0.05, 0) is 13.8 Å². The Morgan fingerprint density at radius 2 is 1.23 bits per heavy atom. The summed E-state index contributed by atoms with van der Waals surface area (Å²) < 4.78 is 10.4. The van der Waals surface area contributed by atoms with Crippen molar-refractivity contribution in [1.29, 1.82) is 0 Å². The highest BCUT2D eigenvalue weighted by molar-refractivity contribution is 5.89. The molecule has 0 unspecified atom stereocenters. The first-order chi connectivity index (χ1) is 10.1. The minimum absolute atomic E-state index is 0.0342. The number of rotatable bonds is 9. The second kappa shape index (κ2) is 8.07. The number of carbonyl (C=O) groups is 2. The molecule has 0 aromatic carbocycles. The monoisotopic (exact) mass is 316 g/mol. The highest BCUT2D eigenvalue weighted by Gasteiger charge is 2.56. The molecule has 0 radical (unpaired) electrons. The maximum Gasteiger partial charge on any atom is 0.336 e. The van der Waals surface area contributed by atoms with E-state index in [2.05, 4.69) is 13.2 Å². The van der Waals surface area contributed by atoms with Gasteiger partial charge in [0.1, 0.15) is 5.41 Å². The van der Waals surface area contributed by atoms with Gasteiger partial charge in [-0.2, -0.15) is 0 Å². The average molecular weight is 316 g/mol. The lowest BCUT2D eigenvalue weighted by molar-refractivity contribution is -0.291. The van der Waals surface area contributed by atoms with Crippen LogP contribution in [0.3, 0.4) is 0 Å². The lowest BCUT2D eigenvalue weighted by atomic mass is 9.79. The Kier molecular flexibility index (Phi) is 7.45. The largest absolute Gasteiger partial charge is 0.418 e. The van der Waals surface area contributed by atoms with Crippen LogP contribution in [0.5, 0.6) is 0 Å². The smallest absolute Gasteiger partial charge is 0.336 e. The van der Waals surface area contributed by atoms with Gasteiger partial charge < -0.3 is 24.8 Å². The second-order valence-corrected chi connectivity index (χ2v) is 5.20. The molecule has 0 aliphatic rings. The van der Waals surface area contributed by atoms with E-state index >= 15 is 0 Å². The predicted octanol–water partition coefficient (Wildman–Crippen LogP) is 0.295. The summed E-state index contributed by atoms with van der Waals surface area (Å²) in [6, 6.07) is 0. The first-order valence-electron chi connectivity index (χ1n) is 6.75. The van der Waals surface area contributed by atoms with Crippen molar-refractivity contribution in [3.05, 3.63) is 24.3 Å². The van der Waals surface area contributed by atoms with E-state index in [1.807, 2.05) is 0 Å². The van der Waals surface area contributed by atoms with Gasteiger partial charge in [-0.25, -0.2) is 9.59 Å². The highest BCUT2D eigenvalue weighted by Crippen LogP contribution is 2.39. The molecular formula is C15H24O7. The van der Waals surface area contributed by atoms with Crippen LogP contribution in [0, 0.1) is 5.41 Å². The van der Waals surface area contributed by atoms with Crippen LogP contribution in [0.4, 0.5) is 0 Å². The topological polar surface area (TPSA) is 113 Å². The Balaban J connectivity index is 5.99. The normalized spacial score (nSPS) is 11.7. The van der Waals surface area contributed by atoms with Crippen LogP contribution in [-0.4, -0.2) is 52.9 Å². The number of hydrogen-bond donors (Lipinski definition) is 3. The minimum atomic E-state index is -2.06. The number of hydrogen-bond acceptors (Lipinski definition) is 7. The molecule has 3 N–H and O–H groups in total. The van der Waals surface area contributed by atoms with E-state index < -0.39 is 43.0 Å². The van der Waals surface area contributed by atoms with E-state index in [1.165, 1.54) is 20.8 Å². The van der Waals surface area contributed by atoms with Gasteiger partial charge in [0.05, 0.1) is 19.8 Å². The van der Waals surface area contributed by atoms with Crippen LogP contribution >= 0.6 is 0 Å². The van der Waals surface area contributed by atoms with Crippen LogP contribution in [0.15, 0.2) is 24.3 Å². The molecule has 0 rings (SSSR count). The van der Waals surface area contributed by atoms with E-state index in [0.29, 0.717) is 0 Å². The van der Waals surface area contributed by atoms with Gasteiger partial charge in [0.2, 0.25) is 0 Å². The minimum Gasteiger partial charge on any atom is -0.418 e. The summed E-state index contributed by atoms with van der Waals surface area (Å²) >= 11 is 0. The zero-order chi connectivity index (χ0) is 17.6. The quantitative estimate of drug-likeness (QED) is 0.318. The van der Waals surface area contributed by atoms with E-state index in [-0.39, 0.29) is 17.6 Å². The third-order valence-corrected chi connectivity index (χ3v) is 3.39. The highest BCUT2D eigenvalue weighted by atomic mass is 16.7. The molecule has 0 saturated carbocycles. The SMILES string of the molecule is C=C(C)C(=O)OC(CC)(OC(=O)C(=C)C)C(CO)(CO)CO.